The molecule has 2 aromatic carbocycles. The molecule has 0 spiro atoms. The predicted octanol–water partition coefficient (Wildman–Crippen LogP) is 1.78. The summed E-state index contributed by atoms with van der Waals surface area (Å²) >= 11 is 0. The third kappa shape index (κ3) is 7.13. The number of aromatic hydroxyl groups is 4. The molecule has 5 N–H and O–H groups in total. The van der Waals surface area contributed by atoms with Crippen LogP contribution in [-0.4, -0.2) is 56.2 Å². The van der Waals surface area contributed by atoms with Crippen LogP contribution in [0.25, 0.3) is 12.2 Å². The highest BCUT2D eigenvalue weighted by atomic mass is 16.6. The normalized spacial score (nSPS) is 12.0. The summed E-state index contributed by atoms with van der Waals surface area (Å²) in [6.45, 7) is -0.751. The van der Waals surface area contributed by atoms with Gasteiger partial charge in [0.05, 0.1) is 0 Å². The van der Waals surface area contributed by atoms with Crippen molar-refractivity contribution in [3.63, 3.8) is 0 Å². The first-order valence-corrected chi connectivity index (χ1v) is 8.66. The van der Waals surface area contributed by atoms with Crippen LogP contribution in [-0.2, 0) is 23.9 Å². The van der Waals surface area contributed by atoms with E-state index < -0.39 is 36.4 Å². The fraction of sp³-hybridized carbons (Fsp3) is 0.0952. The summed E-state index contributed by atoms with van der Waals surface area (Å²) in [5.74, 6) is -4.96. The van der Waals surface area contributed by atoms with Crippen LogP contribution in [0.2, 0.25) is 0 Å². The maximum Gasteiger partial charge on any atom is 0.348 e. The Morgan fingerprint density at radius 1 is 0.774 bits per heavy atom. The highest BCUT2D eigenvalue weighted by molar-refractivity contribution is 5.90. The molecule has 31 heavy (non-hydrogen) atoms. The van der Waals surface area contributed by atoms with E-state index in [4.69, 9.17) is 14.6 Å². The summed E-state index contributed by atoms with van der Waals surface area (Å²) in [5.41, 5.74) is 0.717. The zero-order valence-corrected chi connectivity index (χ0v) is 15.8. The van der Waals surface area contributed by atoms with Crippen LogP contribution in [0.1, 0.15) is 11.1 Å². The van der Waals surface area contributed by atoms with Gasteiger partial charge in [0.2, 0.25) is 6.10 Å². The molecule has 1 unspecified atom stereocenters. The molecular formula is C21H18O10. The smallest absolute Gasteiger partial charge is 0.348 e. The Morgan fingerprint density at radius 2 is 1.26 bits per heavy atom. The van der Waals surface area contributed by atoms with Crippen LogP contribution >= 0.6 is 0 Å². The van der Waals surface area contributed by atoms with E-state index >= 15 is 0 Å². The topological polar surface area (TPSA) is 171 Å². The number of aliphatic carboxylic acids is 1. The molecule has 0 radical (unpaired) electrons. The van der Waals surface area contributed by atoms with E-state index in [1.807, 2.05) is 0 Å². The van der Waals surface area contributed by atoms with E-state index in [0.717, 1.165) is 12.2 Å². The lowest BCUT2D eigenvalue weighted by atomic mass is 10.2. The fourth-order valence-electron chi connectivity index (χ4n) is 2.16. The van der Waals surface area contributed by atoms with Gasteiger partial charge in [0.1, 0.15) is 6.61 Å². The van der Waals surface area contributed by atoms with Crippen molar-refractivity contribution < 1.29 is 49.4 Å². The SMILES string of the molecule is O=C(/C=C/c1ccc(O)c(O)c1)OCC(OC(=O)/C=C/c1ccc(O)c(O)c1)C(=O)O. The van der Waals surface area contributed by atoms with Gasteiger partial charge in [-0.25, -0.2) is 14.4 Å². The largest absolute Gasteiger partial charge is 0.504 e. The molecule has 0 aliphatic heterocycles. The number of carboxylic acids is 1. The number of phenolic OH excluding ortho intramolecular Hbond substituents is 4. The van der Waals surface area contributed by atoms with E-state index in [0.29, 0.717) is 11.1 Å². The average molecular weight is 430 g/mol. The van der Waals surface area contributed by atoms with Crippen molar-refractivity contribution in [2.75, 3.05) is 6.61 Å². The number of hydrogen-bond donors (Lipinski definition) is 5. The Bertz CT molecular complexity index is 1040. The van der Waals surface area contributed by atoms with Gasteiger partial charge in [-0.05, 0) is 47.5 Å². The molecule has 10 heteroatoms. The maximum atomic E-state index is 11.8. The minimum absolute atomic E-state index is 0.331. The van der Waals surface area contributed by atoms with Crippen molar-refractivity contribution in [1.82, 2.24) is 0 Å². The Balaban J connectivity index is 1.90. The molecule has 2 aromatic rings. The van der Waals surface area contributed by atoms with E-state index in [9.17, 15) is 34.8 Å². The minimum Gasteiger partial charge on any atom is -0.504 e. The number of esters is 2. The molecule has 0 saturated carbocycles. The van der Waals surface area contributed by atoms with Gasteiger partial charge in [-0.2, -0.15) is 0 Å². The Morgan fingerprint density at radius 3 is 1.71 bits per heavy atom. The number of hydrogen-bond acceptors (Lipinski definition) is 9. The minimum atomic E-state index is -1.76. The van der Waals surface area contributed by atoms with Crippen LogP contribution in [0.3, 0.4) is 0 Å². The van der Waals surface area contributed by atoms with Crippen molar-refractivity contribution in [3.05, 3.63) is 59.7 Å². The van der Waals surface area contributed by atoms with Gasteiger partial charge < -0.3 is 35.0 Å². The van der Waals surface area contributed by atoms with Gasteiger partial charge in [-0.3, -0.25) is 0 Å². The standard InChI is InChI=1S/C21H18O10/c22-14-5-1-12(9-16(14)24)3-7-19(26)30-11-18(21(28)29)31-20(27)8-4-13-2-6-15(23)17(25)10-13/h1-10,18,22-25H,11H2,(H,28,29)/b7-3+,8-4+. The monoisotopic (exact) mass is 430 g/mol. The second kappa shape index (κ2) is 10.3. The number of carboxylic acid groups (broad SMARTS) is 1. The molecule has 1 atom stereocenters. The highest BCUT2D eigenvalue weighted by Crippen LogP contribution is 2.26. The van der Waals surface area contributed by atoms with E-state index in [2.05, 4.69) is 0 Å². The summed E-state index contributed by atoms with van der Waals surface area (Å²) in [4.78, 5) is 34.8. The van der Waals surface area contributed by atoms with E-state index in [-0.39, 0.29) is 17.2 Å². The quantitative estimate of drug-likeness (QED) is 0.236. The molecule has 0 aliphatic carbocycles. The third-order valence-electron chi connectivity index (χ3n) is 3.73. The molecule has 162 valence electrons. The van der Waals surface area contributed by atoms with Crippen LogP contribution < -0.4 is 0 Å². The van der Waals surface area contributed by atoms with Crippen LogP contribution in [0.15, 0.2) is 48.6 Å². The van der Waals surface area contributed by atoms with Crippen LogP contribution in [0, 0.1) is 0 Å². The Kier molecular flexibility index (Phi) is 7.62. The molecule has 0 saturated heterocycles. The number of carbonyl (C=O) groups excluding carboxylic acids is 2. The van der Waals surface area contributed by atoms with E-state index in [1.165, 1.54) is 48.6 Å². The highest BCUT2D eigenvalue weighted by Gasteiger charge is 2.23. The molecule has 0 heterocycles. The molecule has 0 bridgehead atoms. The van der Waals surface area contributed by atoms with Gasteiger partial charge in [-0.1, -0.05) is 12.1 Å². The van der Waals surface area contributed by atoms with Crippen molar-refractivity contribution in [2.45, 2.75) is 6.10 Å². The molecular weight excluding hydrogens is 412 g/mol. The summed E-state index contributed by atoms with van der Waals surface area (Å²) in [5, 5.41) is 46.4. The lowest BCUT2D eigenvalue weighted by Gasteiger charge is -2.12. The summed E-state index contributed by atoms with van der Waals surface area (Å²) in [6, 6.07) is 7.60. The molecule has 2 rings (SSSR count). The summed E-state index contributed by atoms with van der Waals surface area (Å²) in [6.07, 6.45) is 2.59. The molecule has 0 fully saturated rings. The lowest BCUT2D eigenvalue weighted by Crippen LogP contribution is -2.32. The number of rotatable bonds is 8. The Hall–Kier alpha value is -4.47. The second-order valence-electron chi connectivity index (χ2n) is 6.06. The number of benzene rings is 2. The van der Waals surface area contributed by atoms with Crippen molar-refractivity contribution in [1.29, 1.82) is 0 Å². The molecule has 0 amide bonds. The average Bonchev–Trinajstić information content (AvgIpc) is 2.72. The van der Waals surface area contributed by atoms with Crippen molar-refractivity contribution >= 4 is 30.1 Å². The Labute approximate surface area is 175 Å². The fourth-order valence-corrected chi connectivity index (χ4v) is 2.16. The third-order valence-corrected chi connectivity index (χ3v) is 3.73. The first-order valence-electron chi connectivity index (χ1n) is 8.66. The zero-order valence-electron chi connectivity index (χ0n) is 15.8. The first-order chi connectivity index (χ1) is 14.7. The first kappa shape index (κ1) is 22.8. The van der Waals surface area contributed by atoms with Crippen LogP contribution in [0.5, 0.6) is 23.0 Å². The summed E-state index contributed by atoms with van der Waals surface area (Å²) in [7, 11) is 0. The lowest BCUT2D eigenvalue weighted by molar-refractivity contribution is -0.167. The molecule has 0 aliphatic rings. The van der Waals surface area contributed by atoms with E-state index in [1.54, 1.807) is 0 Å². The summed E-state index contributed by atoms with van der Waals surface area (Å²) < 4.78 is 9.48. The van der Waals surface area contributed by atoms with Gasteiger partial charge in [0.25, 0.3) is 0 Å². The number of phenols is 4. The van der Waals surface area contributed by atoms with Gasteiger partial charge >= 0.3 is 17.9 Å². The second-order valence-corrected chi connectivity index (χ2v) is 6.06. The molecule has 10 nitrogen and oxygen atoms in total. The molecule has 0 aromatic heterocycles. The number of carbonyl (C=O) groups is 3. The predicted molar refractivity (Wildman–Crippen MR) is 106 cm³/mol. The van der Waals surface area contributed by atoms with Gasteiger partial charge in [0, 0.05) is 12.2 Å². The van der Waals surface area contributed by atoms with Crippen LogP contribution in [0.4, 0.5) is 0 Å². The number of ether oxygens (including phenoxy) is 2. The van der Waals surface area contributed by atoms with Crippen molar-refractivity contribution in [2.24, 2.45) is 0 Å². The van der Waals surface area contributed by atoms with Gasteiger partial charge in [-0.15, -0.1) is 0 Å². The van der Waals surface area contributed by atoms with Crippen molar-refractivity contribution in [3.8, 4) is 23.0 Å². The van der Waals surface area contributed by atoms with Gasteiger partial charge in [0.15, 0.2) is 23.0 Å². The zero-order chi connectivity index (χ0) is 23.0. The maximum absolute atomic E-state index is 11.8.